The Morgan fingerprint density at radius 1 is 0.861 bits per heavy atom. The van der Waals surface area contributed by atoms with Gasteiger partial charge in [-0.15, -0.1) is 24.8 Å². The fourth-order valence-electron chi connectivity index (χ4n) is 5.98. The third-order valence-electron chi connectivity index (χ3n) is 7.94. The molecule has 2 aromatic carbocycles. The maximum Gasteiger partial charge on any atom is 0.0900 e. The molecule has 0 amide bonds. The summed E-state index contributed by atoms with van der Waals surface area (Å²) in [6.45, 7) is 12.1. The number of nitrogens with zero attached hydrogens (tertiary/aromatic N) is 2. The molecule has 2 aliphatic rings. The molecule has 2 aromatic rings. The van der Waals surface area contributed by atoms with E-state index in [-0.39, 0.29) is 30.9 Å². The summed E-state index contributed by atoms with van der Waals surface area (Å²) < 4.78 is 6.32. The Kier molecular flexibility index (Phi) is 13.2. The van der Waals surface area contributed by atoms with Crippen molar-refractivity contribution in [3.63, 3.8) is 0 Å². The number of rotatable bonds is 9. The Bertz CT molecular complexity index is 807. The first kappa shape index (κ1) is 31.1. The number of β-amino-alcohol motifs (C(OH)–C–C–N with tert-alkyl or cyclic N) is 1. The van der Waals surface area contributed by atoms with Gasteiger partial charge in [-0.05, 0) is 41.7 Å². The average molecular weight is 538 g/mol. The van der Waals surface area contributed by atoms with Crippen LogP contribution >= 0.6 is 24.8 Å². The fraction of sp³-hybridized carbons (Fsp3) is 0.600. The van der Waals surface area contributed by atoms with Crippen LogP contribution in [0.2, 0.25) is 0 Å². The SMILES string of the molecule is CC1CCC(C(C)C)C(OCC(O)CN2CCN(C(c3ccccc3)c3ccccc3)CC2)C1.Cl.Cl. The molecule has 1 aliphatic heterocycles. The Labute approximate surface area is 231 Å². The van der Waals surface area contributed by atoms with Crippen LogP contribution in [0.1, 0.15) is 57.2 Å². The number of benzene rings is 2. The van der Waals surface area contributed by atoms with Gasteiger partial charge in [0.1, 0.15) is 0 Å². The molecule has 0 bridgehead atoms. The van der Waals surface area contributed by atoms with Gasteiger partial charge in [0.15, 0.2) is 0 Å². The van der Waals surface area contributed by atoms with Crippen LogP contribution in [0.3, 0.4) is 0 Å². The van der Waals surface area contributed by atoms with Crippen LogP contribution in [0.5, 0.6) is 0 Å². The molecule has 202 valence electrons. The first-order valence-corrected chi connectivity index (χ1v) is 13.4. The minimum absolute atomic E-state index is 0. The molecule has 4 nitrogen and oxygen atoms in total. The van der Waals surface area contributed by atoms with Gasteiger partial charge in [0.05, 0.1) is 24.9 Å². The average Bonchev–Trinajstić information content (AvgIpc) is 2.85. The number of halogens is 2. The lowest BCUT2D eigenvalue weighted by Gasteiger charge is -2.40. The van der Waals surface area contributed by atoms with Crippen molar-refractivity contribution in [3.8, 4) is 0 Å². The summed E-state index contributed by atoms with van der Waals surface area (Å²) in [5.41, 5.74) is 2.69. The highest BCUT2D eigenvalue weighted by atomic mass is 35.5. The largest absolute Gasteiger partial charge is 0.389 e. The molecule has 4 rings (SSSR count). The highest BCUT2D eigenvalue weighted by molar-refractivity contribution is 5.85. The quantitative estimate of drug-likeness (QED) is 0.421. The number of hydrogen-bond donors (Lipinski definition) is 1. The van der Waals surface area contributed by atoms with Crippen molar-refractivity contribution in [2.45, 2.75) is 58.3 Å². The van der Waals surface area contributed by atoms with Crippen LogP contribution in [0, 0.1) is 17.8 Å². The molecule has 0 aromatic heterocycles. The van der Waals surface area contributed by atoms with Crippen molar-refractivity contribution in [1.29, 1.82) is 0 Å². The Hall–Kier alpha value is -1.14. The summed E-state index contributed by atoms with van der Waals surface area (Å²) in [6.07, 6.45) is 3.58. The molecule has 1 aliphatic carbocycles. The normalized spacial score (nSPS) is 24.2. The maximum atomic E-state index is 10.8. The van der Waals surface area contributed by atoms with Gasteiger partial charge in [0, 0.05) is 32.7 Å². The highest BCUT2D eigenvalue weighted by Crippen LogP contribution is 2.35. The molecule has 1 N–H and O–H groups in total. The van der Waals surface area contributed by atoms with E-state index in [9.17, 15) is 5.11 Å². The van der Waals surface area contributed by atoms with Gasteiger partial charge in [-0.3, -0.25) is 9.80 Å². The summed E-state index contributed by atoms with van der Waals surface area (Å²) in [5.74, 6) is 2.00. The second-order valence-electron chi connectivity index (χ2n) is 10.9. The Balaban J connectivity index is 0.00000228. The van der Waals surface area contributed by atoms with Gasteiger partial charge < -0.3 is 9.84 Å². The van der Waals surface area contributed by atoms with Gasteiger partial charge in [0.2, 0.25) is 0 Å². The van der Waals surface area contributed by atoms with Crippen molar-refractivity contribution in [3.05, 3.63) is 71.8 Å². The predicted octanol–water partition coefficient (Wildman–Crippen LogP) is 6.08. The molecular weight excluding hydrogens is 491 g/mol. The van der Waals surface area contributed by atoms with E-state index in [1.54, 1.807) is 0 Å². The van der Waals surface area contributed by atoms with Crippen LogP contribution in [0.25, 0.3) is 0 Å². The molecule has 4 unspecified atom stereocenters. The third-order valence-corrected chi connectivity index (χ3v) is 7.94. The van der Waals surface area contributed by atoms with Crippen LogP contribution in [-0.2, 0) is 4.74 Å². The minimum Gasteiger partial charge on any atom is -0.389 e. The summed E-state index contributed by atoms with van der Waals surface area (Å²) in [5, 5.41) is 10.8. The van der Waals surface area contributed by atoms with Crippen molar-refractivity contribution in [2.75, 3.05) is 39.3 Å². The van der Waals surface area contributed by atoms with E-state index in [1.807, 2.05) is 0 Å². The smallest absolute Gasteiger partial charge is 0.0900 e. The number of hydrogen-bond acceptors (Lipinski definition) is 4. The van der Waals surface area contributed by atoms with Gasteiger partial charge in [-0.1, -0.05) is 87.9 Å². The highest BCUT2D eigenvalue weighted by Gasteiger charge is 2.32. The summed E-state index contributed by atoms with van der Waals surface area (Å²) in [4.78, 5) is 4.99. The van der Waals surface area contributed by atoms with Crippen LogP contribution < -0.4 is 0 Å². The molecular formula is C30H46Cl2N2O2. The molecule has 36 heavy (non-hydrogen) atoms. The van der Waals surface area contributed by atoms with E-state index in [0.29, 0.717) is 31.1 Å². The predicted molar refractivity (Wildman–Crippen MR) is 154 cm³/mol. The minimum atomic E-state index is -0.421. The Morgan fingerprint density at radius 3 is 1.94 bits per heavy atom. The van der Waals surface area contributed by atoms with Crippen LogP contribution in [-0.4, -0.2) is 66.4 Å². The summed E-state index contributed by atoms with van der Waals surface area (Å²) >= 11 is 0. The first-order valence-electron chi connectivity index (χ1n) is 13.4. The Morgan fingerprint density at radius 2 is 1.42 bits per heavy atom. The summed E-state index contributed by atoms with van der Waals surface area (Å²) in [6, 6.07) is 21.9. The van der Waals surface area contributed by atoms with E-state index in [0.717, 1.165) is 38.5 Å². The zero-order valence-electron chi connectivity index (χ0n) is 22.2. The number of ether oxygens (including phenoxy) is 1. The van der Waals surface area contributed by atoms with E-state index < -0.39 is 6.10 Å². The number of aliphatic hydroxyl groups excluding tert-OH is 1. The van der Waals surface area contributed by atoms with Crippen molar-refractivity contribution in [1.82, 2.24) is 9.80 Å². The standard InChI is InChI=1S/C30H44N2O2.2ClH/c1-23(2)28-15-14-24(3)20-29(28)34-22-27(33)21-31-16-18-32(19-17-31)30(25-10-6-4-7-11-25)26-12-8-5-9-13-26;;/h4-13,23-24,27-30,33H,14-22H2,1-3H3;2*1H. The molecule has 1 saturated heterocycles. The molecule has 1 heterocycles. The topological polar surface area (TPSA) is 35.9 Å². The van der Waals surface area contributed by atoms with Crippen molar-refractivity contribution >= 4 is 24.8 Å². The fourth-order valence-corrected chi connectivity index (χ4v) is 5.98. The lowest BCUT2D eigenvalue weighted by atomic mass is 9.75. The third kappa shape index (κ3) is 8.44. The second-order valence-corrected chi connectivity index (χ2v) is 10.9. The van der Waals surface area contributed by atoms with Crippen LogP contribution in [0.15, 0.2) is 60.7 Å². The zero-order valence-corrected chi connectivity index (χ0v) is 23.8. The van der Waals surface area contributed by atoms with E-state index >= 15 is 0 Å². The maximum absolute atomic E-state index is 10.8. The monoisotopic (exact) mass is 536 g/mol. The van der Waals surface area contributed by atoms with E-state index in [1.165, 1.54) is 24.0 Å². The van der Waals surface area contributed by atoms with Gasteiger partial charge >= 0.3 is 0 Å². The van der Waals surface area contributed by atoms with Gasteiger partial charge in [-0.25, -0.2) is 0 Å². The van der Waals surface area contributed by atoms with E-state index in [2.05, 4.69) is 91.2 Å². The van der Waals surface area contributed by atoms with Gasteiger partial charge in [-0.2, -0.15) is 0 Å². The number of piperazine rings is 1. The molecule has 1 saturated carbocycles. The summed E-state index contributed by atoms with van der Waals surface area (Å²) in [7, 11) is 0. The van der Waals surface area contributed by atoms with Gasteiger partial charge in [0.25, 0.3) is 0 Å². The zero-order chi connectivity index (χ0) is 23.9. The van der Waals surface area contributed by atoms with Crippen molar-refractivity contribution < 1.29 is 9.84 Å². The molecule has 2 fully saturated rings. The lowest BCUT2D eigenvalue weighted by Crippen LogP contribution is -2.50. The molecule has 0 radical (unpaired) electrons. The van der Waals surface area contributed by atoms with Crippen LogP contribution in [0.4, 0.5) is 0 Å². The number of aliphatic hydroxyl groups is 1. The lowest BCUT2D eigenvalue weighted by molar-refractivity contribution is -0.0757. The van der Waals surface area contributed by atoms with Crippen molar-refractivity contribution in [2.24, 2.45) is 17.8 Å². The molecule has 6 heteroatoms. The van der Waals surface area contributed by atoms with E-state index in [4.69, 9.17) is 4.74 Å². The first-order chi connectivity index (χ1) is 16.5. The molecule has 0 spiro atoms. The molecule has 4 atom stereocenters. The second kappa shape index (κ2) is 15.3.